The van der Waals surface area contributed by atoms with Gasteiger partial charge in [-0.1, -0.05) is 60.7 Å². The van der Waals surface area contributed by atoms with Gasteiger partial charge in [0, 0.05) is 18.4 Å². The van der Waals surface area contributed by atoms with Gasteiger partial charge >= 0.3 is 12.1 Å². The normalized spacial score (nSPS) is 19.5. The number of rotatable bonds is 4. The van der Waals surface area contributed by atoms with Gasteiger partial charge < -0.3 is 9.84 Å². The summed E-state index contributed by atoms with van der Waals surface area (Å²) in [5, 5.41) is 9.67. The molecule has 1 heterocycles. The first-order valence-corrected chi connectivity index (χ1v) is 10.6. The molecule has 3 aromatic rings. The minimum Gasteiger partial charge on any atom is -0.480 e. The van der Waals surface area contributed by atoms with Gasteiger partial charge in [0.2, 0.25) is 0 Å². The summed E-state index contributed by atoms with van der Waals surface area (Å²) in [4.78, 5) is 26.0. The maximum Gasteiger partial charge on any atom is 0.410 e. The standard InChI is InChI=1S/C26H22FNO4/c27-18-7-5-6-16(12-18)17-13-24(25(29)30)28(14-17)26(31)32-15-23-21-10-3-1-8-19(21)20-9-2-4-11-22(20)23/h1-12,17,23-24H,13-15H2,(H,29,30)/t17-,24-/m1/s1. The molecule has 2 atom stereocenters. The van der Waals surface area contributed by atoms with Crippen molar-refractivity contribution < 1.29 is 23.8 Å². The molecule has 2 aliphatic rings. The van der Waals surface area contributed by atoms with Crippen molar-refractivity contribution in [2.24, 2.45) is 0 Å². The monoisotopic (exact) mass is 431 g/mol. The smallest absolute Gasteiger partial charge is 0.410 e. The van der Waals surface area contributed by atoms with Crippen LogP contribution < -0.4 is 0 Å². The van der Waals surface area contributed by atoms with Crippen molar-refractivity contribution in [1.29, 1.82) is 0 Å². The molecule has 0 bridgehead atoms. The summed E-state index contributed by atoms with van der Waals surface area (Å²) >= 11 is 0. The first-order valence-electron chi connectivity index (χ1n) is 10.6. The van der Waals surface area contributed by atoms with Crippen molar-refractivity contribution >= 4 is 12.1 Å². The highest BCUT2D eigenvalue weighted by Crippen LogP contribution is 2.44. The molecule has 0 radical (unpaired) electrons. The van der Waals surface area contributed by atoms with Crippen LogP contribution in [-0.2, 0) is 9.53 Å². The second-order valence-corrected chi connectivity index (χ2v) is 8.30. The van der Waals surface area contributed by atoms with Crippen molar-refractivity contribution in [3.05, 3.63) is 95.3 Å². The Kier molecular flexibility index (Phi) is 5.13. The van der Waals surface area contributed by atoms with E-state index in [2.05, 4.69) is 12.1 Å². The van der Waals surface area contributed by atoms with Crippen LogP contribution in [0.5, 0.6) is 0 Å². The zero-order valence-corrected chi connectivity index (χ0v) is 17.3. The minimum atomic E-state index is -1.09. The highest BCUT2D eigenvalue weighted by atomic mass is 19.1. The predicted octanol–water partition coefficient (Wildman–Crippen LogP) is 5.02. The molecular formula is C26H22FNO4. The highest BCUT2D eigenvalue weighted by molar-refractivity contribution is 5.82. The molecule has 5 rings (SSSR count). The summed E-state index contributed by atoms with van der Waals surface area (Å²) in [7, 11) is 0. The van der Waals surface area contributed by atoms with Gasteiger partial charge in [0.25, 0.3) is 0 Å². The van der Waals surface area contributed by atoms with Crippen molar-refractivity contribution in [2.45, 2.75) is 24.3 Å². The Balaban J connectivity index is 1.34. The summed E-state index contributed by atoms with van der Waals surface area (Å²) in [5.74, 6) is -1.82. The minimum absolute atomic E-state index is 0.101. The summed E-state index contributed by atoms with van der Waals surface area (Å²) in [5.41, 5.74) is 5.12. The van der Waals surface area contributed by atoms with Crippen LogP contribution in [0, 0.1) is 5.82 Å². The topological polar surface area (TPSA) is 66.8 Å². The van der Waals surface area contributed by atoms with Crippen LogP contribution >= 0.6 is 0 Å². The summed E-state index contributed by atoms with van der Waals surface area (Å²) in [6.45, 7) is 0.303. The van der Waals surface area contributed by atoms with Gasteiger partial charge in [-0.2, -0.15) is 0 Å². The lowest BCUT2D eigenvalue weighted by atomic mass is 9.96. The van der Waals surface area contributed by atoms with Gasteiger partial charge in [-0.3, -0.25) is 4.90 Å². The van der Waals surface area contributed by atoms with Gasteiger partial charge in [0.15, 0.2) is 0 Å². The predicted molar refractivity (Wildman–Crippen MR) is 117 cm³/mol. The molecular weight excluding hydrogens is 409 g/mol. The lowest BCUT2D eigenvalue weighted by Gasteiger charge is -2.22. The van der Waals surface area contributed by atoms with Crippen LogP contribution in [0.2, 0.25) is 0 Å². The van der Waals surface area contributed by atoms with E-state index >= 15 is 0 Å². The lowest BCUT2D eigenvalue weighted by molar-refractivity contribution is -0.141. The fraction of sp³-hybridized carbons (Fsp3) is 0.231. The van der Waals surface area contributed by atoms with Gasteiger partial charge in [-0.05, 0) is 46.4 Å². The van der Waals surface area contributed by atoms with Crippen LogP contribution in [0.1, 0.15) is 34.9 Å². The Labute approximate surface area is 185 Å². The Morgan fingerprint density at radius 2 is 1.62 bits per heavy atom. The number of aliphatic carboxylic acids is 1. The molecule has 1 fully saturated rings. The second-order valence-electron chi connectivity index (χ2n) is 8.30. The summed E-state index contributed by atoms with van der Waals surface area (Å²) in [6.07, 6.45) is -0.429. The van der Waals surface area contributed by atoms with E-state index in [1.807, 2.05) is 36.4 Å². The molecule has 0 unspecified atom stereocenters. The van der Waals surface area contributed by atoms with Gasteiger partial charge in [0.1, 0.15) is 18.5 Å². The summed E-state index contributed by atoms with van der Waals surface area (Å²) in [6, 6.07) is 21.2. The molecule has 1 amide bonds. The van der Waals surface area contributed by atoms with E-state index in [0.29, 0.717) is 5.56 Å². The molecule has 0 aromatic heterocycles. The van der Waals surface area contributed by atoms with E-state index < -0.39 is 18.1 Å². The third-order valence-electron chi connectivity index (χ3n) is 6.48. The van der Waals surface area contributed by atoms with Crippen molar-refractivity contribution in [3.63, 3.8) is 0 Å². The van der Waals surface area contributed by atoms with Crippen molar-refractivity contribution in [3.8, 4) is 11.1 Å². The van der Waals surface area contributed by atoms with Gasteiger partial charge in [-0.15, -0.1) is 0 Å². The molecule has 1 aliphatic carbocycles. The van der Waals surface area contributed by atoms with Crippen molar-refractivity contribution in [1.82, 2.24) is 4.90 Å². The van der Waals surface area contributed by atoms with Crippen LogP contribution in [-0.4, -0.2) is 41.3 Å². The Hall–Kier alpha value is -3.67. The number of carboxylic acids is 1. The second kappa shape index (κ2) is 8.11. The van der Waals surface area contributed by atoms with E-state index in [0.717, 1.165) is 22.3 Å². The average Bonchev–Trinajstić information content (AvgIpc) is 3.38. The number of fused-ring (bicyclic) bond motifs is 3. The first kappa shape index (κ1) is 20.2. The zero-order valence-electron chi connectivity index (χ0n) is 17.3. The van der Waals surface area contributed by atoms with Crippen LogP contribution in [0.3, 0.4) is 0 Å². The van der Waals surface area contributed by atoms with Gasteiger partial charge in [0.05, 0.1) is 0 Å². The number of carbonyl (C=O) groups excluding carboxylic acids is 1. The number of ether oxygens (including phenoxy) is 1. The highest BCUT2D eigenvalue weighted by Gasteiger charge is 2.41. The van der Waals surface area contributed by atoms with E-state index in [4.69, 9.17) is 4.74 Å². The number of likely N-dealkylation sites (tertiary alicyclic amines) is 1. The molecule has 0 saturated carbocycles. The first-order chi connectivity index (χ1) is 15.5. The molecule has 5 nitrogen and oxygen atoms in total. The fourth-order valence-electron chi connectivity index (χ4n) is 4.95. The average molecular weight is 431 g/mol. The Morgan fingerprint density at radius 1 is 0.969 bits per heavy atom. The van der Waals surface area contributed by atoms with Crippen molar-refractivity contribution in [2.75, 3.05) is 13.2 Å². The SMILES string of the molecule is O=C(O)[C@H]1C[C@@H](c2cccc(F)c2)CN1C(=O)OCC1c2ccccc2-c2ccccc21. The van der Waals surface area contributed by atoms with E-state index in [1.165, 1.54) is 17.0 Å². The number of carboxylic acid groups (broad SMARTS) is 1. The van der Waals surface area contributed by atoms with E-state index in [-0.39, 0.29) is 37.2 Å². The fourth-order valence-corrected chi connectivity index (χ4v) is 4.95. The third-order valence-corrected chi connectivity index (χ3v) is 6.48. The number of hydrogen-bond donors (Lipinski definition) is 1. The number of amides is 1. The molecule has 32 heavy (non-hydrogen) atoms. The van der Waals surface area contributed by atoms with Crippen LogP contribution in [0.25, 0.3) is 11.1 Å². The molecule has 162 valence electrons. The molecule has 6 heteroatoms. The van der Waals surface area contributed by atoms with Crippen LogP contribution in [0.15, 0.2) is 72.8 Å². The van der Waals surface area contributed by atoms with E-state index in [1.54, 1.807) is 12.1 Å². The number of halogens is 1. The lowest BCUT2D eigenvalue weighted by Crippen LogP contribution is -2.41. The number of hydrogen-bond acceptors (Lipinski definition) is 3. The largest absolute Gasteiger partial charge is 0.480 e. The molecule has 3 aromatic carbocycles. The molecule has 1 aliphatic heterocycles. The molecule has 1 N–H and O–H groups in total. The Bertz CT molecular complexity index is 1150. The summed E-state index contributed by atoms with van der Waals surface area (Å²) < 4.78 is 19.3. The maximum absolute atomic E-state index is 13.6. The van der Waals surface area contributed by atoms with Gasteiger partial charge in [-0.25, -0.2) is 14.0 Å². The number of benzene rings is 3. The number of nitrogens with zero attached hydrogens (tertiary/aromatic N) is 1. The van der Waals surface area contributed by atoms with Crippen LogP contribution in [0.4, 0.5) is 9.18 Å². The quantitative estimate of drug-likeness (QED) is 0.630. The zero-order chi connectivity index (χ0) is 22.2. The molecule has 0 spiro atoms. The third kappa shape index (κ3) is 3.51. The molecule has 1 saturated heterocycles. The maximum atomic E-state index is 13.6. The van der Waals surface area contributed by atoms with E-state index in [9.17, 15) is 19.1 Å². The number of carbonyl (C=O) groups is 2. The Morgan fingerprint density at radius 3 is 2.25 bits per heavy atom.